The molecule has 0 N–H and O–H groups in total. The third-order valence-corrected chi connectivity index (χ3v) is 2.22. The van der Waals surface area contributed by atoms with Crippen LogP contribution in [0.4, 0.5) is 0 Å². The number of aromatic nitrogens is 1. The topological polar surface area (TPSA) is 42.3 Å². The SMILES string of the molecule is Cc1ccc2cc(CN=C=O)ccc2n1. The highest BCUT2D eigenvalue weighted by atomic mass is 16.1. The average molecular weight is 198 g/mol. The largest absolute Gasteiger partial charge is 0.253 e. The molecule has 0 saturated heterocycles. The van der Waals surface area contributed by atoms with Crippen molar-refractivity contribution in [2.24, 2.45) is 4.99 Å². The molecule has 0 aliphatic carbocycles. The zero-order chi connectivity index (χ0) is 10.7. The van der Waals surface area contributed by atoms with Crippen LogP contribution in [-0.4, -0.2) is 11.1 Å². The first-order chi connectivity index (χ1) is 7.29. The molecule has 0 bridgehead atoms. The minimum atomic E-state index is 0.382. The summed E-state index contributed by atoms with van der Waals surface area (Å²) in [6.45, 7) is 2.34. The second-order valence-electron chi connectivity index (χ2n) is 3.39. The third kappa shape index (κ3) is 2.09. The standard InChI is InChI=1S/C12H10N2O/c1-9-2-4-11-6-10(7-13-8-15)3-5-12(11)14-9/h2-6H,7H2,1H3. The van der Waals surface area contributed by atoms with Gasteiger partial charge in [-0.15, -0.1) is 0 Å². The van der Waals surface area contributed by atoms with Crippen LogP contribution in [0.3, 0.4) is 0 Å². The summed E-state index contributed by atoms with van der Waals surface area (Å²) in [7, 11) is 0. The lowest BCUT2D eigenvalue weighted by Crippen LogP contribution is -1.86. The number of aliphatic imine (C=N–C) groups is 1. The van der Waals surface area contributed by atoms with Crippen LogP contribution in [-0.2, 0) is 11.3 Å². The molecule has 3 heteroatoms. The van der Waals surface area contributed by atoms with E-state index in [1.165, 1.54) is 6.08 Å². The number of hydrogen-bond acceptors (Lipinski definition) is 3. The van der Waals surface area contributed by atoms with E-state index in [0.717, 1.165) is 22.2 Å². The number of carbonyl (C=O) groups excluding carboxylic acids is 1. The molecule has 74 valence electrons. The van der Waals surface area contributed by atoms with Gasteiger partial charge in [0.05, 0.1) is 12.1 Å². The Balaban J connectivity index is 2.47. The van der Waals surface area contributed by atoms with Crippen LogP contribution in [0.1, 0.15) is 11.3 Å². The second kappa shape index (κ2) is 4.03. The van der Waals surface area contributed by atoms with Crippen LogP contribution in [0, 0.1) is 6.92 Å². The van der Waals surface area contributed by atoms with Crippen molar-refractivity contribution in [3.63, 3.8) is 0 Å². The molecule has 0 saturated carbocycles. The molecule has 3 nitrogen and oxygen atoms in total. The summed E-state index contributed by atoms with van der Waals surface area (Å²) in [6, 6.07) is 9.84. The molecule has 2 aromatic rings. The first-order valence-corrected chi connectivity index (χ1v) is 4.69. The zero-order valence-electron chi connectivity index (χ0n) is 8.40. The molecule has 0 fully saturated rings. The predicted molar refractivity (Wildman–Crippen MR) is 58.3 cm³/mol. The molecular weight excluding hydrogens is 188 g/mol. The van der Waals surface area contributed by atoms with E-state index in [2.05, 4.69) is 9.98 Å². The van der Waals surface area contributed by atoms with Crippen LogP contribution in [0.15, 0.2) is 35.3 Å². The summed E-state index contributed by atoms with van der Waals surface area (Å²) in [6.07, 6.45) is 1.53. The van der Waals surface area contributed by atoms with Crippen LogP contribution >= 0.6 is 0 Å². The first kappa shape index (κ1) is 9.56. The Morgan fingerprint density at radius 3 is 3.00 bits per heavy atom. The average Bonchev–Trinajstić information content (AvgIpc) is 2.26. The van der Waals surface area contributed by atoms with E-state index in [4.69, 9.17) is 0 Å². The van der Waals surface area contributed by atoms with E-state index >= 15 is 0 Å². The third-order valence-electron chi connectivity index (χ3n) is 2.22. The molecule has 0 unspecified atom stereocenters. The van der Waals surface area contributed by atoms with E-state index in [9.17, 15) is 4.79 Å². The lowest BCUT2D eigenvalue weighted by Gasteiger charge is -2.00. The van der Waals surface area contributed by atoms with Gasteiger partial charge in [0.1, 0.15) is 0 Å². The lowest BCUT2D eigenvalue weighted by atomic mass is 10.1. The summed E-state index contributed by atoms with van der Waals surface area (Å²) >= 11 is 0. The fourth-order valence-electron chi connectivity index (χ4n) is 1.50. The maximum atomic E-state index is 9.98. The van der Waals surface area contributed by atoms with Crippen molar-refractivity contribution in [1.29, 1.82) is 0 Å². The highest BCUT2D eigenvalue weighted by Crippen LogP contribution is 2.15. The van der Waals surface area contributed by atoms with Gasteiger partial charge in [0.15, 0.2) is 0 Å². The number of aryl methyl sites for hydroxylation is 1. The lowest BCUT2D eigenvalue weighted by molar-refractivity contribution is 0.563. The van der Waals surface area contributed by atoms with Gasteiger partial charge in [-0.05, 0) is 30.7 Å². The van der Waals surface area contributed by atoms with Crippen LogP contribution in [0.25, 0.3) is 10.9 Å². The van der Waals surface area contributed by atoms with Crippen molar-refractivity contribution in [3.05, 3.63) is 41.6 Å². The molecule has 2 rings (SSSR count). The molecule has 15 heavy (non-hydrogen) atoms. The summed E-state index contributed by atoms with van der Waals surface area (Å²) < 4.78 is 0. The maximum absolute atomic E-state index is 9.98. The van der Waals surface area contributed by atoms with Gasteiger partial charge < -0.3 is 0 Å². The Morgan fingerprint density at radius 2 is 2.20 bits per heavy atom. The molecule has 0 amide bonds. The van der Waals surface area contributed by atoms with Gasteiger partial charge in [0.2, 0.25) is 6.08 Å². The maximum Gasteiger partial charge on any atom is 0.235 e. The summed E-state index contributed by atoms with van der Waals surface area (Å²) in [5.41, 5.74) is 2.96. The summed E-state index contributed by atoms with van der Waals surface area (Å²) in [5, 5.41) is 1.07. The first-order valence-electron chi connectivity index (χ1n) is 4.69. The number of nitrogens with zero attached hydrogens (tertiary/aromatic N) is 2. The van der Waals surface area contributed by atoms with Gasteiger partial charge in [-0.2, -0.15) is 0 Å². The molecule has 1 aromatic carbocycles. The Kier molecular flexibility index (Phi) is 2.57. The van der Waals surface area contributed by atoms with Crippen molar-refractivity contribution < 1.29 is 4.79 Å². The number of rotatable bonds is 2. The van der Waals surface area contributed by atoms with E-state index in [0.29, 0.717) is 6.54 Å². The predicted octanol–water partition coefficient (Wildman–Crippen LogP) is 2.38. The van der Waals surface area contributed by atoms with E-state index in [1.807, 2.05) is 37.3 Å². The Labute approximate surface area is 87.5 Å². The minimum absolute atomic E-state index is 0.382. The molecule has 0 atom stereocenters. The van der Waals surface area contributed by atoms with Gasteiger partial charge in [-0.3, -0.25) is 4.98 Å². The molecule has 0 aliphatic rings. The quantitative estimate of drug-likeness (QED) is 0.549. The van der Waals surface area contributed by atoms with E-state index in [-0.39, 0.29) is 0 Å². The number of fused-ring (bicyclic) bond motifs is 1. The van der Waals surface area contributed by atoms with Crippen molar-refractivity contribution in [2.75, 3.05) is 0 Å². The molecule has 0 aliphatic heterocycles. The van der Waals surface area contributed by atoms with Crippen LogP contribution in [0.2, 0.25) is 0 Å². The van der Waals surface area contributed by atoms with E-state index < -0.39 is 0 Å². The van der Waals surface area contributed by atoms with Crippen LogP contribution in [0.5, 0.6) is 0 Å². The number of pyridine rings is 1. The number of benzene rings is 1. The Bertz CT molecular complexity index is 542. The van der Waals surface area contributed by atoms with Crippen molar-refractivity contribution in [1.82, 2.24) is 4.98 Å². The highest BCUT2D eigenvalue weighted by molar-refractivity contribution is 5.79. The molecule has 0 spiro atoms. The fourth-order valence-corrected chi connectivity index (χ4v) is 1.50. The van der Waals surface area contributed by atoms with Crippen molar-refractivity contribution in [2.45, 2.75) is 13.5 Å². The number of isocyanates is 1. The van der Waals surface area contributed by atoms with Crippen LogP contribution < -0.4 is 0 Å². The number of hydrogen-bond donors (Lipinski definition) is 0. The van der Waals surface area contributed by atoms with Crippen molar-refractivity contribution in [3.8, 4) is 0 Å². The van der Waals surface area contributed by atoms with Gasteiger partial charge in [-0.25, -0.2) is 9.79 Å². The Morgan fingerprint density at radius 1 is 1.33 bits per heavy atom. The summed E-state index contributed by atoms with van der Waals surface area (Å²) in [5.74, 6) is 0. The molecule has 0 radical (unpaired) electrons. The van der Waals surface area contributed by atoms with E-state index in [1.54, 1.807) is 0 Å². The molecule has 1 aromatic heterocycles. The normalized spacial score (nSPS) is 9.93. The van der Waals surface area contributed by atoms with Gasteiger partial charge in [0.25, 0.3) is 0 Å². The molecular formula is C12H10N2O. The Hall–Kier alpha value is -1.99. The monoisotopic (exact) mass is 198 g/mol. The van der Waals surface area contributed by atoms with Crippen molar-refractivity contribution >= 4 is 17.0 Å². The van der Waals surface area contributed by atoms with Gasteiger partial charge in [0, 0.05) is 11.1 Å². The fraction of sp³-hybridized carbons (Fsp3) is 0.167. The van der Waals surface area contributed by atoms with Gasteiger partial charge in [-0.1, -0.05) is 12.1 Å². The van der Waals surface area contributed by atoms with Gasteiger partial charge >= 0.3 is 0 Å². The summed E-state index contributed by atoms with van der Waals surface area (Å²) in [4.78, 5) is 17.9. The zero-order valence-corrected chi connectivity index (χ0v) is 8.40. The minimum Gasteiger partial charge on any atom is -0.253 e. The highest BCUT2D eigenvalue weighted by Gasteiger charge is 1.97. The smallest absolute Gasteiger partial charge is 0.235 e. The second-order valence-corrected chi connectivity index (χ2v) is 3.39. The molecule has 1 heterocycles.